The molecule has 0 saturated heterocycles. The molecule has 2 N–H and O–H groups in total. The van der Waals surface area contributed by atoms with Gasteiger partial charge in [-0.3, -0.25) is 0 Å². The zero-order valence-corrected chi connectivity index (χ0v) is 25.4. The van der Waals surface area contributed by atoms with Crippen molar-refractivity contribution in [3.63, 3.8) is 0 Å². The Bertz CT molecular complexity index is 1270. The van der Waals surface area contributed by atoms with E-state index in [1.807, 2.05) is 24.3 Å². The van der Waals surface area contributed by atoms with Gasteiger partial charge in [-0.2, -0.15) is 0 Å². The van der Waals surface area contributed by atoms with E-state index in [1.54, 1.807) is 21.3 Å². The molecule has 2 fully saturated rings. The standard InChI is InChI=1S/C36H46O5/c1-22-16-31(37)29(24-12-8-6-9-13-24)20-27(22)35(26-18-33(39-3)36(41-5)34(19-26)40-4)28-21-30(32(38)17-23(28)2)25-14-10-7-11-15-25/h16-21,24-25,35,37-38H,6-15H2,1-5H3. The van der Waals surface area contributed by atoms with Gasteiger partial charge in [-0.15, -0.1) is 0 Å². The van der Waals surface area contributed by atoms with Gasteiger partial charge in [-0.1, -0.05) is 50.7 Å². The molecule has 3 aromatic carbocycles. The lowest BCUT2D eigenvalue weighted by molar-refractivity contribution is 0.323. The van der Waals surface area contributed by atoms with Gasteiger partial charge in [-0.05, 0) is 115 Å². The van der Waals surface area contributed by atoms with Gasteiger partial charge in [0.2, 0.25) is 5.75 Å². The summed E-state index contributed by atoms with van der Waals surface area (Å²) in [6, 6.07) is 12.5. The average molecular weight is 559 g/mol. The van der Waals surface area contributed by atoms with Crippen LogP contribution in [-0.2, 0) is 0 Å². The Kier molecular flexibility index (Phi) is 9.01. The summed E-state index contributed by atoms with van der Waals surface area (Å²) < 4.78 is 17.2. The summed E-state index contributed by atoms with van der Waals surface area (Å²) in [6.07, 6.45) is 11.8. The highest BCUT2D eigenvalue weighted by Gasteiger charge is 2.29. The average Bonchev–Trinajstić information content (AvgIpc) is 2.99. The quantitative estimate of drug-likeness (QED) is 0.270. The van der Waals surface area contributed by atoms with Gasteiger partial charge in [0.1, 0.15) is 11.5 Å². The third-order valence-electron chi connectivity index (χ3n) is 9.56. The number of phenolic OH excluding ortho intramolecular Hbond substituents is 2. The molecule has 0 bridgehead atoms. The molecule has 0 spiro atoms. The molecule has 0 atom stereocenters. The van der Waals surface area contributed by atoms with Crippen molar-refractivity contribution < 1.29 is 24.4 Å². The second-order valence-corrected chi connectivity index (χ2v) is 12.1. The maximum Gasteiger partial charge on any atom is 0.203 e. The molecule has 0 aromatic heterocycles. The summed E-state index contributed by atoms with van der Waals surface area (Å²) in [5, 5.41) is 22.3. The van der Waals surface area contributed by atoms with Gasteiger partial charge in [0.05, 0.1) is 21.3 Å². The number of aryl methyl sites for hydroxylation is 2. The number of benzene rings is 3. The lowest BCUT2D eigenvalue weighted by Gasteiger charge is -2.29. The van der Waals surface area contributed by atoms with Crippen molar-refractivity contribution in [2.24, 2.45) is 0 Å². The van der Waals surface area contributed by atoms with Crippen molar-refractivity contribution in [1.82, 2.24) is 0 Å². The van der Waals surface area contributed by atoms with Crippen LogP contribution >= 0.6 is 0 Å². The monoisotopic (exact) mass is 558 g/mol. The molecule has 0 amide bonds. The van der Waals surface area contributed by atoms with Gasteiger partial charge in [0.25, 0.3) is 0 Å². The maximum absolute atomic E-state index is 11.1. The molecule has 5 rings (SSSR count). The SMILES string of the molecule is COc1cc(C(c2cc(C3CCCCC3)c(O)cc2C)c2cc(C3CCCCC3)c(O)cc2C)cc(OC)c1OC. The number of methoxy groups -OCH3 is 3. The van der Waals surface area contributed by atoms with Crippen LogP contribution in [0.25, 0.3) is 0 Å². The predicted octanol–water partition coefficient (Wildman–Crippen LogP) is 9.02. The van der Waals surface area contributed by atoms with Gasteiger partial charge < -0.3 is 24.4 Å². The van der Waals surface area contributed by atoms with Gasteiger partial charge >= 0.3 is 0 Å². The lowest BCUT2D eigenvalue weighted by atomic mass is 9.75. The molecule has 0 heterocycles. The number of rotatable bonds is 8. The van der Waals surface area contributed by atoms with Gasteiger partial charge in [-0.25, -0.2) is 0 Å². The fraction of sp³-hybridized carbons (Fsp3) is 0.500. The zero-order chi connectivity index (χ0) is 29.1. The summed E-state index contributed by atoms with van der Waals surface area (Å²) in [7, 11) is 4.92. The van der Waals surface area contributed by atoms with Crippen LogP contribution in [-0.4, -0.2) is 31.5 Å². The zero-order valence-electron chi connectivity index (χ0n) is 25.4. The largest absolute Gasteiger partial charge is 0.508 e. The van der Waals surface area contributed by atoms with Gasteiger partial charge in [0.15, 0.2) is 11.5 Å². The molecule has 5 heteroatoms. The minimum absolute atomic E-state index is 0.158. The first kappa shape index (κ1) is 29.2. The molecular formula is C36H46O5. The van der Waals surface area contributed by atoms with Crippen molar-refractivity contribution in [1.29, 1.82) is 0 Å². The first-order valence-corrected chi connectivity index (χ1v) is 15.3. The van der Waals surface area contributed by atoms with Gasteiger partial charge in [0, 0.05) is 5.92 Å². The van der Waals surface area contributed by atoms with Crippen molar-refractivity contribution in [2.75, 3.05) is 21.3 Å². The van der Waals surface area contributed by atoms with E-state index < -0.39 is 0 Å². The molecule has 0 unspecified atom stereocenters. The maximum atomic E-state index is 11.1. The van der Waals surface area contributed by atoms with Crippen LogP contribution in [0.5, 0.6) is 28.7 Å². The molecule has 0 aliphatic heterocycles. The third-order valence-corrected chi connectivity index (χ3v) is 9.56. The highest BCUT2D eigenvalue weighted by atomic mass is 16.5. The van der Waals surface area contributed by atoms with E-state index in [9.17, 15) is 10.2 Å². The van der Waals surface area contributed by atoms with Crippen LogP contribution in [0.3, 0.4) is 0 Å². The summed E-state index contributed by atoms with van der Waals surface area (Å²) in [6.45, 7) is 4.17. The Morgan fingerprint density at radius 3 is 1.37 bits per heavy atom. The smallest absolute Gasteiger partial charge is 0.203 e. The summed E-state index contributed by atoms with van der Waals surface area (Å²) >= 11 is 0. The summed E-state index contributed by atoms with van der Waals surface area (Å²) in [5.41, 5.74) is 7.49. The Morgan fingerprint density at radius 1 is 0.585 bits per heavy atom. The summed E-state index contributed by atoms with van der Waals surface area (Å²) in [4.78, 5) is 0. The molecule has 2 aliphatic carbocycles. The van der Waals surface area contributed by atoms with Crippen LogP contribution in [0.15, 0.2) is 36.4 Å². The van der Waals surface area contributed by atoms with E-state index in [4.69, 9.17) is 14.2 Å². The normalized spacial score (nSPS) is 16.6. The second kappa shape index (κ2) is 12.7. The number of ether oxygens (including phenoxy) is 3. The van der Waals surface area contributed by atoms with Crippen LogP contribution in [0.4, 0.5) is 0 Å². The molecule has 5 nitrogen and oxygen atoms in total. The molecule has 220 valence electrons. The van der Waals surface area contributed by atoms with E-state index in [0.29, 0.717) is 40.6 Å². The Morgan fingerprint density at radius 2 is 1.00 bits per heavy atom. The van der Waals surface area contributed by atoms with Crippen molar-refractivity contribution >= 4 is 0 Å². The first-order valence-electron chi connectivity index (χ1n) is 15.3. The van der Waals surface area contributed by atoms with Crippen molar-refractivity contribution in [2.45, 2.75) is 95.8 Å². The lowest BCUT2D eigenvalue weighted by Crippen LogP contribution is -2.13. The number of hydrogen-bond acceptors (Lipinski definition) is 5. The highest BCUT2D eigenvalue weighted by Crippen LogP contribution is 2.48. The van der Waals surface area contributed by atoms with Crippen LogP contribution in [0.1, 0.15) is 121 Å². The molecule has 0 radical (unpaired) electrons. The topological polar surface area (TPSA) is 68.2 Å². The second-order valence-electron chi connectivity index (χ2n) is 12.1. The minimum atomic E-state index is -0.158. The Hall–Kier alpha value is -3.34. The Balaban J connectivity index is 1.75. The minimum Gasteiger partial charge on any atom is -0.508 e. The summed E-state index contributed by atoms with van der Waals surface area (Å²) in [5.74, 6) is 3.14. The highest BCUT2D eigenvalue weighted by molar-refractivity contribution is 5.61. The molecule has 41 heavy (non-hydrogen) atoms. The van der Waals surface area contributed by atoms with Crippen LogP contribution < -0.4 is 14.2 Å². The van der Waals surface area contributed by atoms with Crippen LogP contribution in [0.2, 0.25) is 0 Å². The van der Waals surface area contributed by atoms with E-state index in [1.165, 1.54) is 38.5 Å². The fourth-order valence-electron chi connectivity index (χ4n) is 7.35. The first-order chi connectivity index (χ1) is 19.9. The van der Waals surface area contributed by atoms with Crippen LogP contribution in [0, 0.1) is 13.8 Å². The predicted molar refractivity (Wildman–Crippen MR) is 164 cm³/mol. The molecule has 3 aromatic rings. The fourth-order valence-corrected chi connectivity index (χ4v) is 7.35. The van der Waals surface area contributed by atoms with E-state index in [2.05, 4.69) is 26.0 Å². The molecule has 2 aliphatic rings. The van der Waals surface area contributed by atoms with E-state index in [0.717, 1.165) is 64.6 Å². The van der Waals surface area contributed by atoms with Crippen molar-refractivity contribution in [3.05, 3.63) is 75.3 Å². The van der Waals surface area contributed by atoms with Crippen molar-refractivity contribution in [3.8, 4) is 28.7 Å². The number of aromatic hydroxyl groups is 2. The molecular weight excluding hydrogens is 512 g/mol. The third kappa shape index (κ3) is 5.86. The van der Waals surface area contributed by atoms with E-state index in [-0.39, 0.29) is 5.92 Å². The Labute approximate surface area is 245 Å². The molecule has 2 saturated carbocycles. The number of phenols is 2. The van der Waals surface area contributed by atoms with E-state index >= 15 is 0 Å². The number of hydrogen-bond donors (Lipinski definition) is 2.